The van der Waals surface area contributed by atoms with Gasteiger partial charge in [0.1, 0.15) is 24.1 Å². The molecule has 134 valence electrons. The number of nitrogens with zero attached hydrogens (tertiary/aromatic N) is 3. The van der Waals surface area contributed by atoms with Gasteiger partial charge in [-0.1, -0.05) is 18.2 Å². The van der Waals surface area contributed by atoms with Gasteiger partial charge in [-0.2, -0.15) is 5.10 Å². The zero-order chi connectivity index (χ0) is 18.1. The lowest BCUT2D eigenvalue weighted by Gasteiger charge is -2.12. The number of ether oxygens (including phenoxy) is 1. The second-order valence-corrected chi connectivity index (χ2v) is 6.13. The molecule has 1 saturated heterocycles. The monoisotopic (exact) mass is 354 g/mol. The van der Waals surface area contributed by atoms with E-state index in [2.05, 4.69) is 15.4 Å². The molecular weight excluding hydrogens is 336 g/mol. The summed E-state index contributed by atoms with van der Waals surface area (Å²) in [6.45, 7) is -0.242. The SMILES string of the molecule is O=C(Nc1ncnn2c([C@H]3C[C@H](O)[C@@H](CO)O3)ccc12)c1ccccc1. The highest BCUT2D eigenvalue weighted by Crippen LogP contribution is 2.34. The Labute approximate surface area is 149 Å². The molecular formula is C18H18N4O4. The van der Waals surface area contributed by atoms with Crippen LogP contribution in [0.5, 0.6) is 0 Å². The Morgan fingerprint density at radius 1 is 1.27 bits per heavy atom. The van der Waals surface area contributed by atoms with Crippen molar-refractivity contribution >= 4 is 17.2 Å². The number of rotatable bonds is 4. The second kappa shape index (κ2) is 6.83. The van der Waals surface area contributed by atoms with Gasteiger partial charge in [-0.25, -0.2) is 9.50 Å². The molecule has 0 aliphatic carbocycles. The predicted molar refractivity (Wildman–Crippen MR) is 92.7 cm³/mol. The third-order valence-corrected chi connectivity index (χ3v) is 4.48. The summed E-state index contributed by atoms with van der Waals surface area (Å²) in [6.07, 6.45) is -0.00416. The van der Waals surface area contributed by atoms with Crippen molar-refractivity contribution in [3.8, 4) is 0 Å². The van der Waals surface area contributed by atoms with Crippen LogP contribution in [0.15, 0.2) is 48.8 Å². The maximum atomic E-state index is 12.4. The molecule has 1 aromatic carbocycles. The highest BCUT2D eigenvalue weighted by atomic mass is 16.5. The van der Waals surface area contributed by atoms with Crippen LogP contribution in [0.25, 0.3) is 5.52 Å². The molecule has 8 heteroatoms. The first-order chi connectivity index (χ1) is 12.7. The van der Waals surface area contributed by atoms with Gasteiger partial charge in [0, 0.05) is 12.0 Å². The minimum Gasteiger partial charge on any atom is -0.394 e. The zero-order valence-electron chi connectivity index (χ0n) is 13.8. The number of aliphatic hydroxyl groups excluding tert-OH is 2. The lowest BCUT2D eigenvalue weighted by atomic mass is 10.1. The molecule has 1 aliphatic heterocycles. The van der Waals surface area contributed by atoms with Gasteiger partial charge in [0.25, 0.3) is 5.91 Å². The average molecular weight is 354 g/mol. The number of amides is 1. The summed E-state index contributed by atoms with van der Waals surface area (Å²) in [7, 11) is 0. The molecule has 3 aromatic rings. The molecule has 0 saturated carbocycles. The lowest BCUT2D eigenvalue weighted by molar-refractivity contribution is -0.0239. The fourth-order valence-electron chi connectivity index (χ4n) is 3.15. The van der Waals surface area contributed by atoms with Gasteiger partial charge < -0.3 is 20.3 Å². The Hall–Kier alpha value is -2.81. The Kier molecular flexibility index (Phi) is 4.37. The molecule has 4 rings (SSSR count). The maximum Gasteiger partial charge on any atom is 0.256 e. The highest BCUT2D eigenvalue weighted by Gasteiger charge is 2.35. The van der Waals surface area contributed by atoms with E-state index in [-0.39, 0.29) is 12.5 Å². The molecule has 3 atom stereocenters. The van der Waals surface area contributed by atoms with Gasteiger partial charge in [-0.15, -0.1) is 0 Å². The third-order valence-electron chi connectivity index (χ3n) is 4.48. The van der Waals surface area contributed by atoms with Crippen LogP contribution in [-0.4, -0.2) is 49.5 Å². The minimum absolute atomic E-state index is 0.242. The Morgan fingerprint density at radius 3 is 2.81 bits per heavy atom. The summed E-state index contributed by atoms with van der Waals surface area (Å²) >= 11 is 0. The molecule has 0 bridgehead atoms. The van der Waals surface area contributed by atoms with E-state index in [0.29, 0.717) is 23.3 Å². The Bertz CT molecular complexity index is 927. The average Bonchev–Trinajstić information content (AvgIpc) is 3.26. The second-order valence-electron chi connectivity index (χ2n) is 6.13. The van der Waals surface area contributed by atoms with E-state index in [0.717, 1.165) is 5.69 Å². The first-order valence-corrected chi connectivity index (χ1v) is 8.31. The predicted octanol–water partition coefficient (Wildman–Crippen LogP) is 1.16. The van der Waals surface area contributed by atoms with Crippen molar-refractivity contribution in [2.24, 2.45) is 0 Å². The topological polar surface area (TPSA) is 109 Å². The quantitative estimate of drug-likeness (QED) is 0.649. The summed E-state index contributed by atoms with van der Waals surface area (Å²) in [4.78, 5) is 16.5. The minimum atomic E-state index is -0.727. The number of fused-ring (bicyclic) bond motifs is 1. The maximum absolute atomic E-state index is 12.4. The van der Waals surface area contributed by atoms with E-state index in [9.17, 15) is 15.0 Å². The number of anilines is 1. The summed E-state index contributed by atoms with van der Waals surface area (Å²) in [6, 6.07) is 12.5. The summed E-state index contributed by atoms with van der Waals surface area (Å²) in [5, 5.41) is 26.2. The van der Waals surface area contributed by atoms with E-state index in [4.69, 9.17) is 4.74 Å². The molecule has 26 heavy (non-hydrogen) atoms. The molecule has 3 heterocycles. The molecule has 0 spiro atoms. The summed E-state index contributed by atoms with van der Waals surface area (Å²) < 4.78 is 7.33. The summed E-state index contributed by atoms with van der Waals surface area (Å²) in [5.41, 5.74) is 1.88. The Balaban J connectivity index is 1.63. The molecule has 8 nitrogen and oxygen atoms in total. The number of aromatic nitrogens is 3. The molecule has 1 amide bonds. The van der Waals surface area contributed by atoms with E-state index < -0.39 is 18.3 Å². The number of carbonyl (C=O) groups excluding carboxylic acids is 1. The van der Waals surface area contributed by atoms with Gasteiger partial charge >= 0.3 is 0 Å². The first kappa shape index (κ1) is 16.6. The van der Waals surface area contributed by atoms with E-state index >= 15 is 0 Å². The number of carbonyl (C=O) groups is 1. The number of hydrogen-bond acceptors (Lipinski definition) is 6. The number of hydrogen-bond donors (Lipinski definition) is 3. The molecule has 1 fully saturated rings. The Morgan fingerprint density at radius 2 is 2.08 bits per heavy atom. The van der Waals surface area contributed by atoms with Crippen LogP contribution in [0.2, 0.25) is 0 Å². The fraction of sp³-hybridized carbons (Fsp3) is 0.278. The van der Waals surface area contributed by atoms with Crippen molar-refractivity contribution in [3.05, 3.63) is 60.0 Å². The normalized spacial score (nSPS) is 22.6. The van der Waals surface area contributed by atoms with Crippen molar-refractivity contribution in [3.63, 3.8) is 0 Å². The van der Waals surface area contributed by atoms with Crippen molar-refractivity contribution in [1.82, 2.24) is 14.6 Å². The van der Waals surface area contributed by atoms with Crippen LogP contribution in [-0.2, 0) is 4.74 Å². The molecule has 0 radical (unpaired) electrons. The van der Waals surface area contributed by atoms with Crippen LogP contribution >= 0.6 is 0 Å². The molecule has 3 N–H and O–H groups in total. The standard InChI is InChI=1S/C18H18N4O4/c23-9-16-14(24)8-15(26-16)12-6-7-13-17(19-10-20-22(12)13)21-18(25)11-4-2-1-3-5-11/h1-7,10,14-16,23-24H,8-9H2,(H,19,20,21,25)/t14-,15+,16+/m0/s1. The number of benzene rings is 1. The largest absolute Gasteiger partial charge is 0.394 e. The number of aliphatic hydroxyl groups is 2. The van der Waals surface area contributed by atoms with Crippen LogP contribution < -0.4 is 5.32 Å². The first-order valence-electron chi connectivity index (χ1n) is 8.31. The number of nitrogens with one attached hydrogen (secondary N) is 1. The molecule has 0 unspecified atom stereocenters. The lowest BCUT2D eigenvalue weighted by Crippen LogP contribution is -2.24. The molecule has 2 aromatic heterocycles. The van der Waals surface area contributed by atoms with E-state index in [1.807, 2.05) is 12.1 Å². The van der Waals surface area contributed by atoms with Crippen molar-refractivity contribution in [2.75, 3.05) is 11.9 Å². The van der Waals surface area contributed by atoms with Crippen LogP contribution in [0.4, 0.5) is 5.82 Å². The smallest absolute Gasteiger partial charge is 0.256 e. The summed E-state index contributed by atoms with van der Waals surface area (Å²) in [5.74, 6) is 0.124. The van der Waals surface area contributed by atoms with Crippen LogP contribution in [0, 0.1) is 0 Å². The van der Waals surface area contributed by atoms with Gasteiger partial charge in [0.05, 0.1) is 18.4 Å². The van der Waals surface area contributed by atoms with Crippen LogP contribution in [0.3, 0.4) is 0 Å². The van der Waals surface area contributed by atoms with Gasteiger partial charge in [-0.05, 0) is 24.3 Å². The van der Waals surface area contributed by atoms with Crippen molar-refractivity contribution in [1.29, 1.82) is 0 Å². The van der Waals surface area contributed by atoms with Crippen LogP contribution in [0.1, 0.15) is 28.6 Å². The van der Waals surface area contributed by atoms with E-state index in [1.165, 1.54) is 6.33 Å². The third kappa shape index (κ3) is 2.94. The zero-order valence-corrected chi connectivity index (χ0v) is 13.8. The van der Waals surface area contributed by atoms with Gasteiger partial charge in [0.15, 0.2) is 5.82 Å². The highest BCUT2D eigenvalue weighted by molar-refractivity contribution is 6.05. The van der Waals surface area contributed by atoms with Gasteiger partial charge in [-0.3, -0.25) is 4.79 Å². The van der Waals surface area contributed by atoms with Crippen molar-refractivity contribution in [2.45, 2.75) is 24.7 Å². The van der Waals surface area contributed by atoms with E-state index in [1.54, 1.807) is 34.8 Å². The van der Waals surface area contributed by atoms with Gasteiger partial charge in [0.2, 0.25) is 0 Å². The van der Waals surface area contributed by atoms with Crippen molar-refractivity contribution < 1.29 is 19.7 Å². The molecule has 1 aliphatic rings. The fourth-order valence-corrected chi connectivity index (χ4v) is 3.15.